The number of aryl methyl sites for hydroxylation is 1. The Hall–Kier alpha value is -4.33. The van der Waals surface area contributed by atoms with Gasteiger partial charge in [0, 0.05) is 18.2 Å². The lowest BCUT2D eigenvalue weighted by Crippen LogP contribution is -2.07. The Morgan fingerprint density at radius 1 is 1.00 bits per heavy atom. The molecule has 0 saturated heterocycles. The minimum Gasteiger partial charge on any atom is -0.493 e. The number of anilines is 1. The second-order valence-electron chi connectivity index (χ2n) is 7.92. The number of ether oxygens (including phenoxy) is 1. The van der Waals surface area contributed by atoms with Crippen molar-refractivity contribution in [3.8, 4) is 28.4 Å². The second-order valence-corrected chi connectivity index (χ2v) is 7.92. The van der Waals surface area contributed by atoms with Gasteiger partial charge in [0.2, 0.25) is 5.82 Å². The van der Waals surface area contributed by atoms with Crippen LogP contribution in [0.1, 0.15) is 18.1 Å². The van der Waals surface area contributed by atoms with E-state index in [-0.39, 0.29) is 0 Å². The van der Waals surface area contributed by atoms with Gasteiger partial charge in [0.1, 0.15) is 17.9 Å². The molecule has 0 bridgehead atoms. The number of aromatic nitrogens is 6. The predicted molar refractivity (Wildman–Crippen MR) is 133 cm³/mol. The smallest absolute Gasteiger partial charge is 0.208 e. The molecule has 0 aliphatic carbocycles. The van der Waals surface area contributed by atoms with Crippen molar-refractivity contribution in [1.82, 2.24) is 30.6 Å². The third-order valence-electron chi connectivity index (χ3n) is 5.84. The molecule has 0 fully saturated rings. The van der Waals surface area contributed by atoms with Crippen LogP contribution in [-0.2, 0) is 6.42 Å². The number of nitrogens with zero attached hydrogens (tertiary/aromatic N) is 5. The number of hydrogen-bond acceptors (Lipinski definition) is 7. The number of benzene rings is 3. The van der Waals surface area contributed by atoms with E-state index in [9.17, 15) is 0 Å². The molecule has 0 amide bonds. The van der Waals surface area contributed by atoms with Gasteiger partial charge in [-0.15, -0.1) is 10.2 Å². The molecule has 170 valence electrons. The lowest BCUT2D eigenvalue weighted by molar-refractivity contribution is 0.341. The Labute approximate surface area is 197 Å². The summed E-state index contributed by atoms with van der Waals surface area (Å²) in [4.78, 5) is 8.86. The number of tetrazole rings is 1. The molecular formula is C26H25N7O. The first kappa shape index (κ1) is 21.5. The Morgan fingerprint density at radius 2 is 1.91 bits per heavy atom. The van der Waals surface area contributed by atoms with Crippen molar-refractivity contribution in [1.29, 1.82) is 0 Å². The highest BCUT2D eigenvalue weighted by Crippen LogP contribution is 2.32. The van der Waals surface area contributed by atoms with Crippen molar-refractivity contribution >= 4 is 16.6 Å². The first-order valence-electron chi connectivity index (χ1n) is 11.3. The summed E-state index contributed by atoms with van der Waals surface area (Å²) in [6.45, 7) is 5.43. The third-order valence-corrected chi connectivity index (χ3v) is 5.84. The van der Waals surface area contributed by atoms with Crippen LogP contribution in [0, 0.1) is 6.92 Å². The highest BCUT2D eigenvalue weighted by Gasteiger charge is 2.13. The van der Waals surface area contributed by atoms with Crippen molar-refractivity contribution in [2.75, 3.05) is 18.5 Å². The minimum atomic E-state index is 0.490. The van der Waals surface area contributed by atoms with Gasteiger partial charge in [-0.05, 0) is 59.5 Å². The van der Waals surface area contributed by atoms with E-state index in [1.807, 2.05) is 31.2 Å². The highest BCUT2D eigenvalue weighted by atomic mass is 16.5. The van der Waals surface area contributed by atoms with E-state index < -0.39 is 0 Å². The molecule has 0 spiro atoms. The quantitative estimate of drug-likeness (QED) is 0.348. The monoisotopic (exact) mass is 451 g/mol. The summed E-state index contributed by atoms with van der Waals surface area (Å²) in [6, 6.07) is 20.7. The first-order chi connectivity index (χ1) is 16.7. The summed E-state index contributed by atoms with van der Waals surface area (Å²) < 4.78 is 5.83. The van der Waals surface area contributed by atoms with Crippen LogP contribution in [-0.4, -0.2) is 43.7 Å². The van der Waals surface area contributed by atoms with E-state index in [0.29, 0.717) is 18.2 Å². The van der Waals surface area contributed by atoms with Crippen LogP contribution in [0.3, 0.4) is 0 Å². The van der Waals surface area contributed by atoms with E-state index in [0.717, 1.165) is 35.6 Å². The third kappa shape index (κ3) is 4.43. The van der Waals surface area contributed by atoms with Crippen LogP contribution in [0.15, 0.2) is 67.0 Å². The molecule has 0 atom stereocenters. The average molecular weight is 452 g/mol. The summed E-state index contributed by atoms with van der Waals surface area (Å²) in [5, 5.41) is 20.3. The number of H-pyrrole nitrogens is 1. The van der Waals surface area contributed by atoms with Crippen LogP contribution in [0.25, 0.3) is 33.4 Å². The van der Waals surface area contributed by atoms with Gasteiger partial charge in [-0.3, -0.25) is 0 Å². The maximum absolute atomic E-state index is 5.83. The lowest BCUT2D eigenvalue weighted by atomic mass is 9.98. The highest BCUT2D eigenvalue weighted by molar-refractivity contribution is 5.86. The molecule has 5 aromatic rings. The van der Waals surface area contributed by atoms with E-state index in [2.05, 4.69) is 79.2 Å². The van der Waals surface area contributed by atoms with Crippen LogP contribution < -0.4 is 10.1 Å². The molecule has 2 N–H and O–H groups in total. The van der Waals surface area contributed by atoms with E-state index in [1.165, 1.54) is 21.9 Å². The standard InChI is InChI=1S/C26H25N7O/c1-3-34-24-14-20(10-11-22(24)26-30-32-33-31-26)23-15-25(29-16-28-23)27-13-12-18-8-9-19-6-4-5-7-21(19)17(18)2/h4-11,14-16H,3,12-13H2,1-2H3,(H,27,28,29)(H,30,31,32,33). The minimum absolute atomic E-state index is 0.490. The molecule has 0 saturated carbocycles. The number of fused-ring (bicyclic) bond motifs is 1. The lowest BCUT2D eigenvalue weighted by Gasteiger charge is -2.12. The number of hydrogen-bond donors (Lipinski definition) is 2. The fraction of sp³-hybridized carbons (Fsp3) is 0.192. The summed E-state index contributed by atoms with van der Waals surface area (Å²) >= 11 is 0. The predicted octanol–water partition coefficient (Wildman–Crippen LogP) is 4.84. The fourth-order valence-corrected chi connectivity index (χ4v) is 4.10. The van der Waals surface area contributed by atoms with Crippen LogP contribution in [0.2, 0.25) is 0 Å². The Bertz CT molecular complexity index is 1420. The van der Waals surface area contributed by atoms with E-state index in [4.69, 9.17) is 4.74 Å². The maximum atomic E-state index is 5.83. The van der Waals surface area contributed by atoms with Gasteiger partial charge < -0.3 is 10.1 Å². The molecule has 8 heteroatoms. The topological polar surface area (TPSA) is 101 Å². The molecule has 0 radical (unpaired) electrons. The molecule has 34 heavy (non-hydrogen) atoms. The van der Waals surface area contributed by atoms with Crippen molar-refractivity contribution in [3.05, 3.63) is 78.1 Å². The largest absolute Gasteiger partial charge is 0.493 e. The molecule has 5 rings (SSSR count). The number of nitrogens with one attached hydrogen (secondary N) is 2. The number of rotatable bonds is 8. The van der Waals surface area contributed by atoms with Crippen LogP contribution in [0.5, 0.6) is 5.75 Å². The zero-order valence-electron chi connectivity index (χ0n) is 19.1. The Morgan fingerprint density at radius 3 is 2.76 bits per heavy atom. The van der Waals surface area contributed by atoms with Gasteiger partial charge in [0.25, 0.3) is 0 Å². The van der Waals surface area contributed by atoms with Crippen molar-refractivity contribution < 1.29 is 4.74 Å². The average Bonchev–Trinajstić information content (AvgIpc) is 3.41. The molecular weight excluding hydrogens is 426 g/mol. The second kappa shape index (κ2) is 9.66. The Kier molecular flexibility index (Phi) is 6.11. The van der Waals surface area contributed by atoms with Gasteiger partial charge in [-0.25, -0.2) is 9.97 Å². The maximum Gasteiger partial charge on any atom is 0.208 e. The molecule has 3 aromatic carbocycles. The normalized spacial score (nSPS) is 11.0. The van der Waals surface area contributed by atoms with Gasteiger partial charge >= 0.3 is 0 Å². The SMILES string of the molecule is CCOc1cc(-c2cc(NCCc3ccc4ccccc4c3C)ncn2)ccc1-c1nn[nH]n1. The van der Waals surface area contributed by atoms with Crippen LogP contribution in [0.4, 0.5) is 5.82 Å². The summed E-state index contributed by atoms with van der Waals surface area (Å²) in [5.41, 5.74) is 5.16. The molecule has 0 aliphatic heterocycles. The van der Waals surface area contributed by atoms with Crippen molar-refractivity contribution in [3.63, 3.8) is 0 Å². The summed E-state index contributed by atoms with van der Waals surface area (Å²) in [7, 11) is 0. The molecule has 0 aliphatic rings. The van der Waals surface area contributed by atoms with Gasteiger partial charge in [-0.1, -0.05) is 42.5 Å². The van der Waals surface area contributed by atoms with Crippen LogP contribution >= 0.6 is 0 Å². The zero-order chi connectivity index (χ0) is 23.3. The van der Waals surface area contributed by atoms with E-state index in [1.54, 1.807) is 6.33 Å². The zero-order valence-corrected chi connectivity index (χ0v) is 19.1. The molecule has 8 nitrogen and oxygen atoms in total. The number of aromatic amines is 1. The van der Waals surface area contributed by atoms with Crippen molar-refractivity contribution in [2.24, 2.45) is 0 Å². The van der Waals surface area contributed by atoms with Gasteiger partial charge in [0.15, 0.2) is 0 Å². The van der Waals surface area contributed by atoms with E-state index >= 15 is 0 Å². The molecule has 2 heterocycles. The van der Waals surface area contributed by atoms with Gasteiger partial charge in [-0.2, -0.15) is 5.21 Å². The molecule has 2 aromatic heterocycles. The van der Waals surface area contributed by atoms with Crippen molar-refractivity contribution in [2.45, 2.75) is 20.3 Å². The fourth-order valence-electron chi connectivity index (χ4n) is 4.10. The summed E-state index contributed by atoms with van der Waals surface area (Å²) in [6.07, 6.45) is 2.48. The Balaban J connectivity index is 1.32. The first-order valence-corrected chi connectivity index (χ1v) is 11.3. The summed E-state index contributed by atoms with van der Waals surface area (Å²) in [5.74, 6) is 1.95. The molecule has 0 unspecified atom stereocenters. The van der Waals surface area contributed by atoms with Gasteiger partial charge in [0.05, 0.1) is 17.9 Å².